The van der Waals surface area contributed by atoms with E-state index in [1.807, 2.05) is 0 Å². The minimum atomic E-state index is -0.970. The number of amides is 1. The van der Waals surface area contributed by atoms with E-state index in [4.69, 9.17) is 9.39 Å². The van der Waals surface area contributed by atoms with Crippen LogP contribution in [-0.4, -0.2) is 45.1 Å². The summed E-state index contributed by atoms with van der Waals surface area (Å²) < 4.78 is 11.6. The average molecular weight is 351 g/mol. The van der Waals surface area contributed by atoms with E-state index in [2.05, 4.69) is 20.6 Å². The first-order valence-corrected chi connectivity index (χ1v) is 7.81. The van der Waals surface area contributed by atoms with Gasteiger partial charge in [0.1, 0.15) is 0 Å². The largest absolute Gasteiger partial charge is 0.491 e. The molecule has 10 heteroatoms. The fourth-order valence-corrected chi connectivity index (χ4v) is 2.61. The fourth-order valence-electron chi connectivity index (χ4n) is 2.61. The van der Waals surface area contributed by atoms with Gasteiger partial charge >= 0.3 is 7.12 Å². The summed E-state index contributed by atoms with van der Waals surface area (Å²) in [6, 6.07) is 10.4. The number of pyridine rings is 1. The number of benzene rings is 1. The molecule has 0 bridgehead atoms. The zero-order valence-corrected chi connectivity index (χ0v) is 13.8. The molecule has 1 aliphatic heterocycles. The molecule has 0 saturated carbocycles. The van der Waals surface area contributed by atoms with Crippen LogP contribution in [0.4, 0.5) is 5.69 Å². The highest BCUT2D eigenvalue weighted by Gasteiger charge is 2.27. The van der Waals surface area contributed by atoms with Gasteiger partial charge in [0.15, 0.2) is 11.5 Å². The molecule has 1 amide bonds. The van der Waals surface area contributed by atoms with Gasteiger partial charge in [0.25, 0.3) is 5.91 Å². The van der Waals surface area contributed by atoms with Crippen molar-refractivity contribution in [3.63, 3.8) is 0 Å². The normalized spacial score (nSPS) is 12.8. The Labute approximate surface area is 148 Å². The lowest BCUT2D eigenvalue weighted by atomic mass is 9.79. The number of ether oxygens (including phenoxy) is 1. The Bertz CT molecular complexity index is 977. The minimum absolute atomic E-state index is 0.131. The molecule has 0 radical (unpaired) electrons. The van der Waals surface area contributed by atoms with Crippen LogP contribution in [0, 0.1) is 0 Å². The molecule has 0 atom stereocenters. The van der Waals surface area contributed by atoms with Gasteiger partial charge in [-0.05, 0) is 29.2 Å². The van der Waals surface area contributed by atoms with Crippen LogP contribution in [0.15, 0.2) is 42.6 Å². The van der Waals surface area contributed by atoms with Crippen molar-refractivity contribution < 1.29 is 19.2 Å². The molecule has 9 nitrogen and oxygen atoms in total. The molecule has 1 aliphatic rings. The van der Waals surface area contributed by atoms with Gasteiger partial charge in [-0.15, -0.1) is 5.10 Å². The van der Waals surface area contributed by atoms with E-state index < -0.39 is 13.0 Å². The van der Waals surface area contributed by atoms with Crippen molar-refractivity contribution in [1.82, 2.24) is 20.0 Å². The molecule has 0 unspecified atom stereocenters. The Morgan fingerprint density at radius 2 is 2.27 bits per heavy atom. The van der Waals surface area contributed by atoms with Crippen LogP contribution in [0.25, 0.3) is 5.82 Å². The molecular formula is C16H14BN5O4. The van der Waals surface area contributed by atoms with Crippen molar-refractivity contribution in [3.8, 4) is 11.7 Å². The number of nitrogens with one attached hydrogen (secondary N) is 1. The van der Waals surface area contributed by atoms with Crippen molar-refractivity contribution >= 4 is 24.2 Å². The second-order valence-corrected chi connectivity index (χ2v) is 5.62. The Kier molecular flexibility index (Phi) is 4.11. The van der Waals surface area contributed by atoms with Crippen LogP contribution in [-0.2, 0) is 11.3 Å². The number of hydrogen-bond donors (Lipinski definition) is 2. The summed E-state index contributed by atoms with van der Waals surface area (Å²) in [6.07, 6.45) is 1.47. The van der Waals surface area contributed by atoms with Crippen LogP contribution in [0.2, 0.25) is 0 Å². The minimum Gasteiger partial charge on any atom is -0.481 e. The van der Waals surface area contributed by atoms with Gasteiger partial charge in [-0.2, -0.15) is 4.98 Å². The third kappa shape index (κ3) is 3.03. The summed E-state index contributed by atoms with van der Waals surface area (Å²) in [5, 5.41) is 20.3. The lowest BCUT2D eigenvalue weighted by Gasteiger charge is -2.05. The van der Waals surface area contributed by atoms with Gasteiger partial charge in [0.2, 0.25) is 5.88 Å². The summed E-state index contributed by atoms with van der Waals surface area (Å²) in [4.78, 5) is 16.6. The second kappa shape index (κ2) is 6.58. The molecule has 2 N–H and O–H groups in total. The Hall–Kier alpha value is -3.24. The predicted octanol–water partition coefficient (Wildman–Crippen LogP) is 0.141. The van der Waals surface area contributed by atoms with Gasteiger partial charge < -0.3 is 19.7 Å². The summed E-state index contributed by atoms with van der Waals surface area (Å²) in [7, 11) is 0.548. The van der Waals surface area contributed by atoms with E-state index in [9.17, 15) is 9.82 Å². The highest BCUT2D eigenvalue weighted by atomic mass is 16.5. The number of hydrogen-bond acceptors (Lipinski definition) is 7. The molecule has 3 heterocycles. The number of methoxy groups -OCH3 is 1. The highest BCUT2D eigenvalue weighted by molar-refractivity contribution is 6.61. The summed E-state index contributed by atoms with van der Waals surface area (Å²) in [5.41, 5.74) is 2.21. The first-order chi connectivity index (χ1) is 12.6. The number of carbonyl (C=O) groups excluding carboxylic acids is 1. The topological polar surface area (TPSA) is 111 Å². The third-order valence-corrected chi connectivity index (χ3v) is 3.95. The van der Waals surface area contributed by atoms with Crippen LogP contribution in [0.1, 0.15) is 16.1 Å². The van der Waals surface area contributed by atoms with Gasteiger partial charge in [-0.1, -0.05) is 17.3 Å². The van der Waals surface area contributed by atoms with Crippen molar-refractivity contribution in [2.75, 3.05) is 12.4 Å². The van der Waals surface area contributed by atoms with Crippen LogP contribution >= 0.6 is 0 Å². The number of aromatic nitrogens is 4. The number of carbonyl (C=O) groups is 1. The molecule has 4 rings (SSSR count). The predicted molar refractivity (Wildman–Crippen MR) is 92.5 cm³/mol. The second-order valence-electron chi connectivity index (χ2n) is 5.62. The molecule has 3 aromatic rings. The number of anilines is 1. The van der Waals surface area contributed by atoms with Crippen LogP contribution < -0.4 is 15.5 Å². The average Bonchev–Trinajstić information content (AvgIpc) is 3.30. The van der Waals surface area contributed by atoms with Gasteiger partial charge in [-0.25, -0.2) is 4.68 Å². The maximum absolute atomic E-state index is 12.4. The Morgan fingerprint density at radius 1 is 1.38 bits per heavy atom. The van der Waals surface area contributed by atoms with Crippen molar-refractivity contribution in [2.45, 2.75) is 6.61 Å². The highest BCUT2D eigenvalue weighted by Crippen LogP contribution is 2.15. The standard InChI is InChI=1S/C16H14BN5O4/c1-25-15-4-2-3-14(19-15)22-8-13(20-21-22)16(23)18-11-6-5-10-9-26-17(24)12(10)7-11/h2-8,24H,9H2,1H3,(H,18,23). The monoisotopic (exact) mass is 351 g/mol. The maximum atomic E-state index is 12.4. The Morgan fingerprint density at radius 3 is 3.12 bits per heavy atom. The number of fused-ring (bicyclic) bond motifs is 1. The van der Waals surface area contributed by atoms with Gasteiger partial charge in [0, 0.05) is 11.8 Å². The quantitative estimate of drug-likeness (QED) is 0.643. The van der Waals surface area contributed by atoms with Gasteiger partial charge in [0.05, 0.1) is 19.9 Å². The Balaban J connectivity index is 1.53. The number of rotatable bonds is 4. The van der Waals surface area contributed by atoms with E-state index in [-0.39, 0.29) is 5.69 Å². The molecule has 26 heavy (non-hydrogen) atoms. The molecular weight excluding hydrogens is 337 g/mol. The van der Waals surface area contributed by atoms with Crippen molar-refractivity contribution in [2.24, 2.45) is 0 Å². The van der Waals surface area contributed by atoms with E-state index in [0.29, 0.717) is 29.5 Å². The van der Waals surface area contributed by atoms with E-state index in [0.717, 1.165) is 5.56 Å². The van der Waals surface area contributed by atoms with Gasteiger partial charge in [-0.3, -0.25) is 4.79 Å². The first-order valence-electron chi connectivity index (χ1n) is 7.81. The van der Waals surface area contributed by atoms with E-state index in [1.165, 1.54) is 18.0 Å². The van der Waals surface area contributed by atoms with Crippen molar-refractivity contribution in [3.05, 3.63) is 53.9 Å². The molecule has 0 fully saturated rings. The number of nitrogens with zero attached hydrogens (tertiary/aromatic N) is 4. The fraction of sp³-hybridized carbons (Fsp3) is 0.125. The van der Waals surface area contributed by atoms with Crippen LogP contribution in [0.5, 0.6) is 5.88 Å². The van der Waals surface area contributed by atoms with E-state index >= 15 is 0 Å². The zero-order chi connectivity index (χ0) is 18.1. The molecule has 0 aliphatic carbocycles. The van der Waals surface area contributed by atoms with Crippen LogP contribution in [0.3, 0.4) is 0 Å². The summed E-state index contributed by atoms with van der Waals surface area (Å²) in [6.45, 7) is 0.354. The summed E-state index contributed by atoms with van der Waals surface area (Å²) >= 11 is 0. The van der Waals surface area contributed by atoms with E-state index in [1.54, 1.807) is 36.4 Å². The molecule has 0 saturated heterocycles. The molecule has 2 aromatic heterocycles. The molecule has 0 spiro atoms. The van der Waals surface area contributed by atoms with Crippen molar-refractivity contribution in [1.29, 1.82) is 0 Å². The lowest BCUT2D eigenvalue weighted by Crippen LogP contribution is -2.28. The SMILES string of the molecule is COc1cccc(-n2cc(C(=O)Nc3ccc4c(c3)B(O)OC4)nn2)n1. The zero-order valence-electron chi connectivity index (χ0n) is 13.8. The third-order valence-electron chi connectivity index (χ3n) is 3.95. The lowest BCUT2D eigenvalue weighted by molar-refractivity contribution is 0.102. The summed E-state index contributed by atoms with van der Waals surface area (Å²) in [5.74, 6) is 0.490. The molecule has 1 aromatic carbocycles. The first kappa shape index (κ1) is 16.2. The smallest absolute Gasteiger partial charge is 0.481 e. The molecule has 130 valence electrons. The maximum Gasteiger partial charge on any atom is 0.491 e.